The van der Waals surface area contributed by atoms with Gasteiger partial charge in [0.25, 0.3) is 0 Å². The number of aromatic nitrogens is 1. The summed E-state index contributed by atoms with van der Waals surface area (Å²) in [5, 5.41) is 5.68. The van der Waals surface area contributed by atoms with E-state index in [1.54, 1.807) is 0 Å². The van der Waals surface area contributed by atoms with E-state index in [4.69, 9.17) is 0 Å². The van der Waals surface area contributed by atoms with Crippen LogP contribution >= 0.6 is 23.1 Å². The Balaban J connectivity index is 1.68. The zero-order valence-electron chi connectivity index (χ0n) is 12.2. The number of hydrogen-bond acceptors (Lipinski definition) is 4. The van der Waals surface area contributed by atoms with Gasteiger partial charge >= 0.3 is 0 Å². The Morgan fingerprint density at radius 3 is 2.89 bits per heavy atom. The van der Waals surface area contributed by atoms with Crippen LogP contribution in [0, 0.1) is 5.92 Å². The number of nitrogens with one attached hydrogen (secondary N) is 1. The van der Waals surface area contributed by atoms with E-state index in [1.165, 1.54) is 42.0 Å². The van der Waals surface area contributed by atoms with Gasteiger partial charge in [-0.3, -0.25) is 0 Å². The summed E-state index contributed by atoms with van der Waals surface area (Å²) in [6.07, 6.45) is 9.19. The summed E-state index contributed by atoms with van der Waals surface area (Å²) in [5.41, 5.74) is 0. The number of rotatable bonds is 7. The summed E-state index contributed by atoms with van der Waals surface area (Å²) in [4.78, 5) is 5.93. The second-order valence-electron chi connectivity index (χ2n) is 5.82. The molecule has 108 valence electrons. The molecule has 1 heterocycles. The van der Waals surface area contributed by atoms with E-state index < -0.39 is 0 Å². The molecule has 1 aromatic heterocycles. The summed E-state index contributed by atoms with van der Waals surface area (Å²) in [6, 6.07) is 0. The Bertz CT molecular complexity index is 357. The Morgan fingerprint density at radius 1 is 1.37 bits per heavy atom. The van der Waals surface area contributed by atoms with Crippen LogP contribution in [-0.4, -0.2) is 16.8 Å². The van der Waals surface area contributed by atoms with Crippen molar-refractivity contribution >= 4 is 23.1 Å². The smallest absolute Gasteiger partial charge is 0.103 e. The summed E-state index contributed by atoms with van der Waals surface area (Å²) < 4.78 is 0. The first-order valence-electron chi connectivity index (χ1n) is 7.50. The normalized spacial score (nSPS) is 17.2. The Morgan fingerprint density at radius 2 is 2.16 bits per heavy atom. The number of hydrogen-bond donors (Lipinski definition) is 1. The highest BCUT2D eigenvalue weighted by atomic mass is 32.2. The number of thiazole rings is 1. The van der Waals surface area contributed by atoms with E-state index >= 15 is 0 Å². The van der Waals surface area contributed by atoms with Crippen molar-refractivity contribution in [2.45, 2.75) is 63.5 Å². The first-order valence-corrected chi connectivity index (χ1v) is 9.36. The van der Waals surface area contributed by atoms with Gasteiger partial charge in [0.05, 0.1) is 0 Å². The quantitative estimate of drug-likeness (QED) is 0.805. The molecule has 19 heavy (non-hydrogen) atoms. The highest BCUT2D eigenvalue weighted by Gasteiger charge is 2.14. The van der Waals surface area contributed by atoms with Gasteiger partial charge in [-0.05, 0) is 25.3 Å². The lowest BCUT2D eigenvalue weighted by Gasteiger charge is -2.20. The molecule has 0 atom stereocenters. The molecule has 1 aliphatic carbocycles. The minimum Gasteiger partial charge on any atom is -0.312 e. The van der Waals surface area contributed by atoms with Crippen molar-refractivity contribution < 1.29 is 0 Å². The molecule has 0 spiro atoms. The second kappa shape index (κ2) is 8.28. The van der Waals surface area contributed by atoms with Crippen molar-refractivity contribution in [3.63, 3.8) is 0 Å². The van der Waals surface area contributed by atoms with Gasteiger partial charge in [0, 0.05) is 28.6 Å². The van der Waals surface area contributed by atoms with Crippen molar-refractivity contribution in [3.05, 3.63) is 16.1 Å². The van der Waals surface area contributed by atoms with Crippen LogP contribution in [0.4, 0.5) is 0 Å². The Labute approximate surface area is 125 Å². The molecule has 1 saturated carbocycles. The third kappa shape index (κ3) is 5.84. The summed E-state index contributed by atoms with van der Waals surface area (Å²) >= 11 is 4.00. The van der Waals surface area contributed by atoms with Crippen molar-refractivity contribution in [1.82, 2.24) is 10.3 Å². The van der Waals surface area contributed by atoms with Gasteiger partial charge in [0.1, 0.15) is 5.01 Å². The molecule has 1 N–H and O–H groups in total. The molecule has 0 aromatic carbocycles. The third-order valence-electron chi connectivity index (χ3n) is 3.45. The molecule has 2 rings (SSSR count). The number of nitrogens with zero attached hydrogens (tertiary/aromatic N) is 1. The fraction of sp³-hybridized carbons (Fsp3) is 0.800. The lowest BCUT2D eigenvalue weighted by atomic mass is 10.0. The Hall–Kier alpha value is -0.0600. The maximum Gasteiger partial charge on any atom is 0.103 e. The number of thioether (sulfide) groups is 1. The van der Waals surface area contributed by atoms with Gasteiger partial charge in [-0.2, -0.15) is 11.8 Å². The highest BCUT2D eigenvalue weighted by Crippen LogP contribution is 2.31. The molecular weight excluding hydrogens is 272 g/mol. The van der Waals surface area contributed by atoms with Crippen molar-refractivity contribution in [3.8, 4) is 0 Å². The van der Waals surface area contributed by atoms with E-state index in [9.17, 15) is 0 Å². The molecule has 0 bridgehead atoms. The average Bonchev–Trinajstić information content (AvgIpc) is 2.85. The molecule has 1 aromatic rings. The SMILES string of the molecule is CC(C)CNCc1cnc(CSC2CCCCC2)s1. The van der Waals surface area contributed by atoms with Crippen LogP contribution in [0.25, 0.3) is 0 Å². The van der Waals surface area contributed by atoms with Gasteiger partial charge in [-0.25, -0.2) is 4.98 Å². The Kier molecular flexibility index (Phi) is 6.68. The van der Waals surface area contributed by atoms with Crippen molar-refractivity contribution in [2.24, 2.45) is 5.92 Å². The lowest BCUT2D eigenvalue weighted by Crippen LogP contribution is -2.18. The average molecular weight is 299 g/mol. The molecule has 0 saturated heterocycles. The first kappa shape index (κ1) is 15.3. The van der Waals surface area contributed by atoms with Crippen molar-refractivity contribution in [2.75, 3.05) is 6.54 Å². The fourth-order valence-electron chi connectivity index (χ4n) is 2.40. The molecule has 0 unspecified atom stereocenters. The molecular formula is C15H26N2S2. The summed E-state index contributed by atoms with van der Waals surface area (Å²) in [6.45, 7) is 6.55. The monoisotopic (exact) mass is 298 g/mol. The van der Waals surface area contributed by atoms with Crippen LogP contribution < -0.4 is 5.32 Å². The van der Waals surface area contributed by atoms with Crippen LogP contribution in [0.15, 0.2) is 6.20 Å². The van der Waals surface area contributed by atoms with E-state index in [0.717, 1.165) is 24.1 Å². The molecule has 2 nitrogen and oxygen atoms in total. The predicted octanol–water partition coefficient (Wildman–Crippen LogP) is 4.45. The van der Waals surface area contributed by atoms with E-state index in [0.29, 0.717) is 5.92 Å². The molecule has 4 heteroatoms. The van der Waals surface area contributed by atoms with Gasteiger partial charge < -0.3 is 5.32 Å². The fourth-order valence-corrected chi connectivity index (χ4v) is 4.65. The summed E-state index contributed by atoms with van der Waals surface area (Å²) in [5.74, 6) is 1.83. The van der Waals surface area contributed by atoms with Gasteiger partial charge in [-0.1, -0.05) is 33.1 Å². The zero-order chi connectivity index (χ0) is 13.5. The summed E-state index contributed by atoms with van der Waals surface area (Å²) in [7, 11) is 0. The first-order chi connectivity index (χ1) is 9.24. The minimum atomic E-state index is 0.717. The van der Waals surface area contributed by atoms with Crippen LogP contribution in [0.1, 0.15) is 55.8 Å². The molecule has 1 aliphatic rings. The van der Waals surface area contributed by atoms with Gasteiger partial charge in [0.2, 0.25) is 0 Å². The second-order valence-corrected chi connectivity index (χ2v) is 8.30. The predicted molar refractivity (Wildman–Crippen MR) is 86.8 cm³/mol. The molecule has 1 fully saturated rings. The minimum absolute atomic E-state index is 0.717. The van der Waals surface area contributed by atoms with E-state index in [1.807, 2.05) is 11.3 Å². The maximum atomic E-state index is 4.56. The van der Waals surface area contributed by atoms with Crippen LogP contribution in [0.3, 0.4) is 0 Å². The van der Waals surface area contributed by atoms with Crippen LogP contribution in [0.5, 0.6) is 0 Å². The van der Waals surface area contributed by atoms with Crippen LogP contribution in [0.2, 0.25) is 0 Å². The zero-order valence-corrected chi connectivity index (χ0v) is 13.8. The molecule has 0 aliphatic heterocycles. The molecule has 0 radical (unpaired) electrons. The van der Waals surface area contributed by atoms with Crippen LogP contribution in [-0.2, 0) is 12.3 Å². The van der Waals surface area contributed by atoms with Gasteiger partial charge in [0.15, 0.2) is 0 Å². The third-order valence-corrected chi connectivity index (χ3v) is 6.01. The van der Waals surface area contributed by atoms with E-state index in [2.05, 4.69) is 42.1 Å². The molecule has 0 amide bonds. The standard InChI is InChI=1S/C15H26N2S2/c1-12(2)8-16-9-14-10-17-15(19-14)11-18-13-6-4-3-5-7-13/h10,12-13,16H,3-9,11H2,1-2H3. The highest BCUT2D eigenvalue weighted by molar-refractivity contribution is 7.99. The van der Waals surface area contributed by atoms with E-state index in [-0.39, 0.29) is 0 Å². The largest absolute Gasteiger partial charge is 0.312 e. The maximum absolute atomic E-state index is 4.56. The van der Waals surface area contributed by atoms with Crippen molar-refractivity contribution in [1.29, 1.82) is 0 Å². The topological polar surface area (TPSA) is 24.9 Å². The lowest BCUT2D eigenvalue weighted by molar-refractivity contribution is 0.516. The van der Waals surface area contributed by atoms with Gasteiger partial charge in [-0.15, -0.1) is 11.3 Å².